The molecule has 124 valence electrons. The fraction of sp³-hybridized carbons (Fsp3) is 0.588. The number of benzene rings is 1. The van der Waals surface area contributed by atoms with Gasteiger partial charge in [0.1, 0.15) is 5.82 Å². The van der Waals surface area contributed by atoms with E-state index >= 15 is 0 Å². The molecule has 0 aromatic heterocycles. The molecule has 1 nitrogen and oxygen atoms in total. The van der Waals surface area contributed by atoms with Gasteiger partial charge in [-0.25, -0.2) is 4.39 Å². The molecule has 1 aromatic carbocycles. The number of aldehydes is 1. The zero-order valence-corrected chi connectivity index (χ0v) is 12.6. The topological polar surface area (TPSA) is 17.1 Å². The lowest BCUT2D eigenvalue weighted by Gasteiger charge is -2.06. The average Bonchev–Trinajstić information content (AvgIpc) is 2.46. The van der Waals surface area contributed by atoms with Gasteiger partial charge in [0, 0.05) is 6.42 Å². The number of hydrogen-bond donors (Lipinski definition) is 0. The Hall–Kier alpha value is -1.39. The Morgan fingerprint density at radius 2 is 1.50 bits per heavy atom. The van der Waals surface area contributed by atoms with E-state index in [9.17, 15) is 22.4 Å². The van der Waals surface area contributed by atoms with Gasteiger partial charge in [-0.15, -0.1) is 0 Å². The zero-order valence-electron chi connectivity index (χ0n) is 12.6. The molecule has 0 unspecified atom stereocenters. The summed E-state index contributed by atoms with van der Waals surface area (Å²) < 4.78 is 48.9. The normalized spacial score (nSPS) is 11.6. The second-order valence-corrected chi connectivity index (χ2v) is 5.56. The number of aryl methyl sites for hydroxylation is 1. The molecule has 0 atom stereocenters. The van der Waals surface area contributed by atoms with Crippen LogP contribution in [0.2, 0.25) is 0 Å². The fourth-order valence-corrected chi connectivity index (χ4v) is 2.38. The van der Waals surface area contributed by atoms with Gasteiger partial charge >= 0.3 is 6.18 Å². The molecule has 0 aliphatic rings. The Morgan fingerprint density at radius 1 is 0.909 bits per heavy atom. The Morgan fingerprint density at radius 3 is 2.09 bits per heavy atom. The molecule has 0 aliphatic heterocycles. The van der Waals surface area contributed by atoms with Crippen LogP contribution in [-0.2, 0) is 6.42 Å². The standard InChI is InChI=1S/C17H22F4O/c18-16-10-9-14(12-15(16)13-22)8-6-4-2-1-3-5-7-11-17(19,20)21/h9-10,12-13H,1-8,11H2. The van der Waals surface area contributed by atoms with E-state index in [1.807, 2.05) is 0 Å². The number of hydrogen-bond acceptors (Lipinski definition) is 1. The van der Waals surface area contributed by atoms with Crippen molar-refractivity contribution in [3.05, 3.63) is 35.1 Å². The summed E-state index contributed by atoms with van der Waals surface area (Å²) in [6.07, 6.45) is 2.13. The predicted molar refractivity (Wildman–Crippen MR) is 78.5 cm³/mol. The van der Waals surface area contributed by atoms with Crippen LogP contribution in [0.25, 0.3) is 0 Å². The largest absolute Gasteiger partial charge is 0.389 e. The molecule has 0 spiro atoms. The van der Waals surface area contributed by atoms with E-state index in [0.29, 0.717) is 12.7 Å². The van der Waals surface area contributed by atoms with Crippen LogP contribution in [0.3, 0.4) is 0 Å². The maximum absolute atomic E-state index is 13.1. The number of carbonyl (C=O) groups excluding carboxylic acids is 1. The van der Waals surface area contributed by atoms with E-state index in [1.54, 1.807) is 12.1 Å². The highest BCUT2D eigenvalue weighted by molar-refractivity contribution is 5.75. The highest BCUT2D eigenvalue weighted by Gasteiger charge is 2.25. The van der Waals surface area contributed by atoms with E-state index in [0.717, 1.165) is 44.1 Å². The quantitative estimate of drug-likeness (QED) is 0.300. The van der Waals surface area contributed by atoms with Crippen molar-refractivity contribution in [3.8, 4) is 0 Å². The van der Waals surface area contributed by atoms with Crippen molar-refractivity contribution in [1.82, 2.24) is 0 Å². The third-order valence-electron chi connectivity index (χ3n) is 3.61. The minimum absolute atomic E-state index is 0.0853. The number of carbonyl (C=O) groups is 1. The predicted octanol–water partition coefficient (Wildman–Crippen LogP) is 5.86. The van der Waals surface area contributed by atoms with Crippen molar-refractivity contribution in [2.45, 2.75) is 64.0 Å². The number of unbranched alkanes of at least 4 members (excludes halogenated alkanes) is 6. The van der Waals surface area contributed by atoms with E-state index in [4.69, 9.17) is 0 Å². The first-order chi connectivity index (χ1) is 10.4. The Kier molecular flexibility index (Phi) is 8.13. The van der Waals surface area contributed by atoms with E-state index in [2.05, 4.69) is 0 Å². The molecule has 1 aromatic rings. The highest BCUT2D eigenvalue weighted by Crippen LogP contribution is 2.23. The third-order valence-corrected chi connectivity index (χ3v) is 3.61. The monoisotopic (exact) mass is 318 g/mol. The van der Waals surface area contributed by atoms with Gasteiger partial charge in [-0.3, -0.25) is 4.79 Å². The van der Waals surface area contributed by atoms with Gasteiger partial charge in [-0.2, -0.15) is 13.2 Å². The fourth-order valence-electron chi connectivity index (χ4n) is 2.38. The van der Waals surface area contributed by atoms with Gasteiger partial charge in [0.2, 0.25) is 0 Å². The van der Waals surface area contributed by atoms with Gasteiger partial charge in [-0.1, -0.05) is 38.2 Å². The van der Waals surface area contributed by atoms with Crippen LogP contribution in [0.4, 0.5) is 17.6 Å². The highest BCUT2D eigenvalue weighted by atomic mass is 19.4. The number of halogens is 4. The van der Waals surface area contributed by atoms with E-state index in [-0.39, 0.29) is 12.0 Å². The molecule has 5 heteroatoms. The van der Waals surface area contributed by atoms with Crippen LogP contribution in [0.1, 0.15) is 67.3 Å². The van der Waals surface area contributed by atoms with Gasteiger partial charge in [0.25, 0.3) is 0 Å². The summed E-state index contributed by atoms with van der Waals surface area (Å²) in [6.45, 7) is 0. The minimum atomic E-state index is -4.03. The lowest BCUT2D eigenvalue weighted by atomic mass is 10.0. The van der Waals surface area contributed by atoms with Crippen molar-refractivity contribution in [1.29, 1.82) is 0 Å². The van der Waals surface area contributed by atoms with Gasteiger partial charge in [0.15, 0.2) is 6.29 Å². The lowest BCUT2D eigenvalue weighted by Crippen LogP contribution is -2.06. The second-order valence-electron chi connectivity index (χ2n) is 5.56. The maximum atomic E-state index is 13.1. The first-order valence-electron chi connectivity index (χ1n) is 7.73. The molecule has 0 bridgehead atoms. The smallest absolute Gasteiger partial charge is 0.298 e. The summed E-state index contributed by atoms with van der Waals surface area (Å²) in [5.41, 5.74) is 1.02. The SMILES string of the molecule is O=Cc1cc(CCCCCCCCCC(F)(F)F)ccc1F. The van der Waals surface area contributed by atoms with Crippen molar-refractivity contribution < 1.29 is 22.4 Å². The summed E-state index contributed by atoms with van der Waals surface area (Å²) in [5.74, 6) is -0.502. The molecule has 0 N–H and O–H groups in total. The van der Waals surface area contributed by atoms with Crippen LogP contribution in [0.5, 0.6) is 0 Å². The van der Waals surface area contributed by atoms with Gasteiger partial charge < -0.3 is 0 Å². The first kappa shape index (κ1) is 18.7. The first-order valence-corrected chi connectivity index (χ1v) is 7.73. The van der Waals surface area contributed by atoms with Crippen LogP contribution in [0.15, 0.2) is 18.2 Å². The number of rotatable bonds is 10. The van der Waals surface area contributed by atoms with Crippen LogP contribution < -0.4 is 0 Å². The Balaban J connectivity index is 2.05. The third kappa shape index (κ3) is 8.15. The summed E-state index contributed by atoms with van der Waals surface area (Å²) in [5, 5.41) is 0. The molecule has 0 saturated carbocycles. The maximum Gasteiger partial charge on any atom is 0.389 e. The second kappa shape index (κ2) is 9.59. The van der Waals surface area contributed by atoms with Crippen molar-refractivity contribution in [2.24, 2.45) is 0 Å². The Labute approximate surface area is 128 Å². The average molecular weight is 318 g/mol. The molecule has 22 heavy (non-hydrogen) atoms. The summed E-state index contributed by atoms with van der Waals surface area (Å²) in [7, 11) is 0. The van der Waals surface area contributed by atoms with Crippen LogP contribution in [-0.4, -0.2) is 12.5 Å². The molecule has 0 amide bonds. The molecule has 0 radical (unpaired) electrons. The van der Waals surface area contributed by atoms with E-state index < -0.39 is 18.4 Å². The lowest BCUT2D eigenvalue weighted by molar-refractivity contribution is -0.135. The minimum Gasteiger partial charge on any atom is -0.298 e. The molecule has 0 aliphatic carbocycles. The van der Waals surface area contributed by atoms with E-state index in [1.165, 1.54) is 6.07 Å². The molecular weight excluding hydrogens is 296 g/mol. The molecule has 1 rings (SSSR count). The van der Waals surface area contributed by atoms with Gasteiger partial charge in [-0.05, 0) is 37.0 Å². The summed E-state index contributed by atoms with van der Waals surface area (Å²) in [4.78, 5) is 10.6. The summed E-state index contributed by atoms with van der Waals surface area (Å²) >= 11 is 0. The van der Waals surface area contributed by atoms with Crippen molar-refractivity contribution >= 4 is 6.29 Å². The van der Waals surface area contributed by atoms with Crippen LogP contribution >= 0.6 is 0 Å². The van der Waals surface area contributed by atoms with Crippen molar-refractivity contribution in [2.75, 3.05) is 0 Å². The molecule has 0 fully saturated rings. The Bertz CT molecular complexity index is 454. The van der Waals surface area contributed by atoms with Crippen LogP contribution in [0, 0.1) is 5.82 Å². The zero-order chi connectivity index (χ0) is 16.4. The number of alkyl halides is 3. The van der Waals surface area contributed by atoms with Gasteiger partial charge in [0.05, 0.1) is 5.56 Å². The molecule has 0 saturated heterocycles. The van der Waals surface area contributed by atoms with Crippen molar-refractivity contribution in [3.63, 3.8) is 0 Å². The summed E-state index contributed by atoms with van der Waals surface area (Å²) in [6, 6.07) is 4.55. The molecular formula is C17H22F4O. The molecule has 0 heterocycles.